The van der Waals surface area contributed by atoms with Gasteiger partial charge in [0.05, 0.1) is 16.0 Å². The van der Waals surface area contributed by atoms with Crippen LogP contribution in [0.5, 0.6) is 0 Å². The van der Waals surface area contributed by atoms with Gasteiger partial charge >= 0.3 is 0 Å². The molecule has 106 valence electrons. The molecule has 3 unspecified atom stereocenters. The first kappa shape index (κ1) is 15.0. The number of hydrogen-bond acceptors (Lipinski definition) is 2. The van der Waals surface area contributed by atoms with Crippen molar-refractivity contribution in [2.45, 2.75) is 54.7 Å². The van der Waals surface area contributed by atoms with Gasteiger partial charge in [-0.05, 0) is 44.2 Å². The SMILES string of the molecule is CNC1CCCCCCC1S(=O)c1ccc(Cl)cc1. The maximum absolute atomic E-state index is 12.8. The Labute approximate surface area is 123 Å². The Morgan fingerprint density at radius 3 is 2.37 bits per heavy atom. The smallest absolute Gasteiger partial charge is 0.0576 e. The molecule has 1 N–H and O–H groups in total. The second-order valence-electron chi connectivity index (χ2n) is 5.18. The molecule has 1 fully saturated rings. The Balaban J connectivity index is 2.15. The van der Waals surface area contributed by atoms with Crippen LogP contribution in [-0.2, 0) is 10.8 Å². The Morgan fingerprint density at radius 1 is 1.11 bits per heavy atom. The van der Waals surface area contributed by atoms with Crippen molar-refractivity contribution in [3.05, 3.63) is 29.3 Å². The van der Waals surface area contributed by atoms with Crippen LogP contribution < -0.4 is 5.32 Å². The van der Waals surface area contributed by atoms with Crippen molar-refractivity contribution in [2.24, 2.45) is 0 Å². The van der Waals surface area contributed by atoms with Gasteiger partial charge < -0.3 is 5.32 Å². The van der Waals surface area contributed by atoms with Crippen molar-refractivity contribution in [3.8, 4) is 0 Å². The first-order valence-electron chi connectivity index (χ1n) is 7.06. The second-order valence-corrected chi connectivity index (χ2v) is 7.28. The molecule has 4 heteroatoms. The highest BCUT2D eigenvalue weighted by Crippen LogP contribution is 2.25. The van der Waals surface area contributed by atoms with Crippen LogP contribution in [0.3, 0.4) is 0 Å². The van der Waals surface area contributed by atoms with E-state index in [1.807, 2.05) is 31.3 Å². The fourth-order valence-corrected chi connectivity index (χ4v) is 4.61. The molecule has 0 heterocycles. The molecular formula is C15H22ClNOS. The van der Waals surface area contributed by atoms with E-state index >= 15 is 0 Å². The van der Waals surface area contributed by atoms with Crippen molar-refractivity contribution in [2.75, 3.05) is 7.05 Å². The summed E-state index contributed by atoms with van der Waals surface area (Å²) in [6, 6.07) is 7.79. The van der Waals surface area contributed by atoms with E-state index < -0.39 is 10.8 Å². The Hall–Kier alpha value is -0.380. The Bertz CT molecular complexity index is 421. The van der Waals surface area contributed by atoms with Gasteiger partial charge in [0.2, 0.25) is 0 Å². The molecule has 0 aromatic heterocycles. The largest absolute Gasteiger partial charge is 0.316 e. The number of rotatable bonds is 3. The van der Waals surface area contributed by atoms with E-state index in [4.69, 9.17) is 11.6 Å². The molecule has 1 aliphatic rings. The molecule has 2 nitrogen and oxygen atoms in total. The molecule has 0 amide bonds. The van der Waals surface area contributed by atoms with Crippen LogP contribution in [0.15, 0.2) is 29.2 Å². The highest BCUT2D eigenvalue weighted by molar-refractivity contribution is 7.85. The van der Waals surface area contributed by atoms with Gasteiger partial charge in [0.15, 0.2) is 0 Å². The summed E-state index contributed by atoms with van der Waals surface area (Å²) >= 11 is 5.89. The minimum atomic E-state index is -0.948. The zero-order valence-electron chi connectivity index (χ0n) is 11.4. The van der Waals surface area contributed by atoms with Crippen LogP contribution in [0.2, 0.25) is 5.02 Å². The maximum atomic E-state index is 12.8. The fraction of sp³-hybridized carbons (Fsp3) is 0.600. The van der Waals surface area contributed by atoms with Gasteiger partial charge in [-0.1, -0.05) is 37.3 Å². The van der Waals surface area contributed by atoms with Gasteiger partial charge in [-0.3, -0.25) is 4.21 Å². The average molecular weight is 300 g/mol. The lowest BCUT2D eigenvalue weighted by molar-refractivity contribution is 0.414. The maximum Gasteiger partial charge on any atom is 0.0576 e. The number of nitrogens with one attached hydrogen (secondary N) is 1. The molecule has 2 rings (SSSR count). The first-order valence-corrected chi connectivity index (χ1v) is 8.65. The number of hydrogen-bond donors (Lipinski definition) is 1. The number of benzene rings is 1. The molecule has 1 saturated carbocycles. The van der Waals surface area contributed by atoms with Gasteiger partial charge in [-0.25, -0.2) is 0 Å². The van der Waals surface area contributed by atoms with Crippen molar-refractivity contribution >= 4 is 22.4 Å². The summed E-state index contributed by atoms with van der Waals surface area (Å²) in [5.74, 6) is 0. The van der Waals surface area contributed by atoms with E-state index in [2.05, 4.69) is 5.32 Å². The van der Waals surface area contributed by atoms with E-state index in [0.717, 1.165) is 17.7 Å². The third-order valence-electron chi connectivity index (χ3n) is 3.89. The number of halogens is 1. The minimum absolute atomic E-state index is 0.214. The van der Waals surface area contributed by atoms with Crippen LogP contribution >= 0.6 is 11.6 Å². The van der Waals surface area contributed by atoms with E-state index in [-0.39, 0.29) is 5.25 Å². The minimum Gasteiger partial charge on any atom is -0.316 e. The van der Waals surface area contributed by atoms with E-state index in [9.17, 15) is 4.21 Å². The summed E-state index contributed by atoms with van der Waals surface area (Å²) in [7, 11) is 1.04. The van der Waals surface area contributed by atoms with Gasteiger partial charge in [0.25, 0.3) is 0 Å². The standard InChI is InChI=1S/C15H22ClNOS/c1-17-14-6-4-2-3-5-7-15(14)19(18)13-10-8-12(16)9-11-13/h8-11,14-15,17H,2-7H2,1H3. The van der Waals surface area contributed by atoms with Crippen LogP contribution in [0.25, 0.3) is 0 Å². The first-order chi connectivity index (χ1) is 9.22. The summed E-state index contributed by atoms with van der Waals surface area (Å²) in [6.45, 7) is 0. The quantitative estimate of drug-likeness (QED) is 0.921. The lowest BCUT2D eigenvalue weighted by atomic mass is 9.96. The predicted molar refractivity (Wildman–Crippen MR) is 82.2 cm³/mol. The highest BCUT2D eigenvalue weighted by atomic mass is 35.5. The van der Waals surface area contributed by atoms with Gasteiger partial charge in [-0.2, -0.15) is 0 Å². The molecular weight excluding hydrogens is 278 g/mol. The zero-order chi connectivity index (χ0) is 13.7. The summed E-state index contributed by atoms with van der Waals surface area (Å²) in [5.41, 5.74) is 0. The monoisotopic (exact) mass is 299 g/mol. The van der Waals surface area contributed by atoms with Crippen molar-refractivity contribution in [1.82, 2.24) is 5.32 Å². The molecule has 1 aliphatic carbocycles. The predicted octanol–water partition coefficient (Wildman–Crippen LogP) is 3.76. The van der Waals surface area contributed by atoms with Crippen LogP contribution in [0.1, 0.15) is 38.5 Å². The van der Waals surface area contributed by atoms with Crippen LogP contribution in [0.4, 0.5) is 0 Å². The summed E-state index contributed by atoms with van der Waals surface area (Å²) in [5, 5.41) is 4.28. The molecule has 1 aromatic carbocycles. The Morgan fingerprint density at radius 2 is 1.74 bits per heavy atom. The van der Waals surface area contributed by atoms with Gasteiger partial charge in [-0.15, -0.1) is 0 Å². The molecule has 19 heavy (non-hydrogen) atoms. The molecule has 0 bridgehead atoms. The van der Waals surface area contributed by atoms with E-state index in [1.54, 1.807) is 0 Å². The van der Waals surface area contributed by atoms with E-state index in [0.29, 0.717) is 11.1 Å². The van der Waals surface area contributed by atoms with Crippen molar-refractivity contribution in [1.29, 1.82) is 0 Å². The topological polar surface area (TPSA) is 29.1 Å². The van der Waals surface area contributed by atoms with Crippen LogP contribution in [-0.4, -0.2) is 22.5 Å². The lowest BCUT2D eigenvalue weighted by Crippen LogP contribution is -2.41. The summed E-state index contributed by atoms with van der Waals surface area (Å²) in [6.07, 6.45) is 7.16. The molecule has 0 radical (unpaired) electrons. The zero-order valence-corrected chi connectivity index (χ0v) is 13.0. The Kier molecular flexibility index (Phi) is 5.86. The van der Waals surface area contributed by atoms with Crippen molar-refractivity contribution < 1.29 is 4.21 Å². The van der Waals surface area contributed by atoms with Gasteiger partial charge in [0, 0.05) is 16.0 Å². The fourth-order valence-electron chi connectivity index (χ4n) is 2.78. The van der Waals surface area contributed by atoms with Crippen LogP contribution in [0, 0.1) is 0 Å². The van der Waals surface area contributed by atoms with E-state index in [1.165, 1.54) is 25.7 Å². The van der Waals surface area contributed by atoms with Gasteiger partial charge in [0.1, 0.15) is 0 Å². The normalized spacial score (nSPS) is 26.4. The highest BCUT2D eigenvalue weighted by Gasteiger charge is 2.27. The molecule has 3 atom stereocenters. The summed E-state index contributed by atoms with van der Waals surface area (Å²) in [4.78, 5) is 0.898. The molecule has 1 aromatic rings. The van der Waals surface area contributed by atoms with Crippen molar-refractivity contribution in [3.63, 3.8) is 0 Å². The summed E-state index contributed by atoms with van der Waals surface area (Å²) < 4.78 is 12.8. The molecule has 0 spiro atoms. The third-order valence-corrected chi connectivity index (χ3v) is 6.00. The lowest BCUT2D eigenvalue weighted by Gasteiger charge is -2.28. The molecule has 0 saturated heterocycles. The average Bonchev–Trinajstić information content (AvgIpc) is 2.39. The molecule has 0 aliphatic heterocycles. The third kappa shape index (κ3) is 4.04. The second kappa shape index (κ2) is 7.41.